The fourth-order valence-corrected chi connectivity index (χ4v) is 3.80. The Morgan fingerprint density at radius 3 is 2.73 bits per heavy atom. The molecule has 1 aliphatic rings. The minimum atomic E-state index is -0.152. The molecular weight excluding hydrogens is 320 g/mol. The van der Waals surface area contributed by atoms with Gasteiger partial charge in [0.25, 0.3) is 0 Å². The van der Waals surface area contributed by atoms with E-state index in [-0.39, 0.29) is 18.6 Å². The number of carbonyl (C=O) groups excluding carboxylic acids is 1. The lowest BCUT2D eigenvalue weighted by atomic mass is 10.1. The molecule has 1 unspecified atom stereocenters. The molecule has 128 valence electrons. The van der Waals surface area contributed by atoms with Gasteiger partial charge >= 0.3 is 6.03 Å². The topological polar surface area (TPSA) is 32.3 Å². The van der Waals surface area contributed by atoms with Crippen molar-refractivity contribution in [3.63, 3.8) is 0 Å². The summed E-state index contributed by atoms with van der Waals surface area (Å²) in [6.07, 6.45) is 7.45. The van der Waals surface area contributed by atoms with Crippen LogP contribution < -0.4 is 5.32 Å². The van der Waals surface area contributed by atoms with Gasteiger partial charge in [0.05, 0.1) is 18.3 Å². The molecule has 1 N–H and O–H groups in total. The molecule has 0 heterocycles. The summed E-state index contributed by atoms with van der Waals surface area (Å²) < 4.78 is 0. The summed E-state index contributed by atoms with van der Waals surface area (Å²) in [4.78, 5) is 14.8. The van der Waals surface area contributed by atoms with Crippen LogP contribution >= 0.6 is 0 Å². The average molecular weight is 340 g/mol. The first kappa shape index (κ1) is 16.2. The molecule has 2 amide bonds. The molecule has 0 radical (unpaired) electrons. The van der Waals surface area contributed by atoms with Gasteiger partial charge in [0.2, 0.25) is 0 Å². The molecule has 3 aromatic rings. The second kappa shape index (κ2) is 6.93. The standard InChI is InChI=1S/C23H20N2O/c1-2-16-25(22-15-14-18-9-4-6-12-20(18)22)23(26)24-21-13-7-10-17-8-3-5-11-19(17)21/h1,3-13,22H,14-16H2,(H,24,26). The van der Waals surface area contributed by atoms with Crippen molar-refractivity contribution in [1.82, 2.24) is 4.90 Å². The SMILES string of the molecule is C#CCN(C(=O)Nc1cccc2ccccc12)C1CCc2ccccc21. The molecule has 0 fully saturated rings. The van der Waals surface area contributed by atoms with Crippen LogP contribution in [0.2, 0.25) is 0 Å². The highest BCUT2D eigenvalue weighted by Crippen LogP contribution is 2.36. The number of amides is 2. The number of rotatable bonds is 3. The van der Waals surface area contributed by atoms with Crippen molar-refractivity contribution in [2.45, 2.75) is 18.9 Å². The van der Waals surface area contributed by atoms with Gasteiger partial charge in [-0.1, -0.05) is 66.6 Å². The fraction of sp³-hybridized carbons (Fsp3) is 0.174. The van der Waals surface area contributed by atoms with Crippen LogP contribution in [0.1, 0.15) is 23.6 Å². The number of benzene rings is 3. The first-order valence-electron chi connectivity index (χ1n) is 8.84. The lowest BCUT2D eigenvalue weighted by Crippen LogP contribution is -2.37. The van der Waals surface area contributed by atoms with Crippen LogP contribution in [0.4, 0.5) is 10.5 Å². The van der Waals surface area contributed by atoms with Crippen LogP contribution in [0.5, 0.6) is 0 Å². The van der Waals surface area contributed by atoms with E-state index < -0.39 is 0 Å². The normalized spacial score (nSPS) is 15.3. The van der Waals surface area contributed by atoms with E-state index in [1.807, 2.05) is 54.6 Å². The predicted octanol–water partition coefficient (Wildman–Crippen LogP) is 4.99. The molecule has 3 heteroatoms. The van der Waals surface area contributed by atoms with E-state index >= 15 is 0 Å². The van der Waals surface area contributed by atoms with Crippen LogP contribution in [-0.4, -0.2) is 17.5 Å². The van der Waals surface area contributed by atoms with Gasteiger partial charge in [0.1, 0.15) is 0 Å². The minimum absolute atomic E-state index is 0.0252. The van der Waals surface area contributed by atoms with Crippen molar-refractivity contribution in [1.29, 1.82) is 0 Å². The van der Waals surface area contributed by atoms with Crippen molar-refractivity contribution in [3.05, 3.63) is 77.9 Å². The van der Waals surface area contributed by atoms with Gasteiger partial charge in [-0.25, -0.2) is 4.79 Å². The number of hydrogen-bond donors (Lipinski definition) is 1. The Hall–Kier alpha value is -3.25. The van der Waals surface area contributed by atoms with Gasteiger partial charge in [-0.2, -0.15) is 0 Å². The number of nitrogens with one attached hydrogen (secondary N) is 1. The first-order chi connectivity index (χ1) is 12.8. The molecule has 0 aliphatic heterocycles. The van der Waals surface area contributed by atoms with Gasteiger partial charge in [-0.15, -0.1) is 6.42 Å². The van der Waals surface area contributed by atoms with Crippen molar-refractivity contribution in [2.24, 2.45) is 0 Å². The summed E-state index contributed by atoms with van der Waals surface area (Å²) in [6.45, 7) is 0.287. The van der Waals surface area contributed by atoms with Gasteiger partial charge in [0.15, 0.2) is 0 Å². The lowest BCUT2D eigenvalue weighted by Gasteiger charge is -2.28. The maximum Gasteiger partial charge on any atom is 0.323 e. The maximum absolute atomic E-state index is 13.1. The zero-order valence-corrected chi connectivity index (χ0v) is 14.5. The number of terminal acetylenes is 1. The third-order valence-electron chi connectivity index (χ3n) is 5.03. The Labute approximate surface area is 153 Å². The summed E-state index contributed by atoms with van der Waals surface area (Å²) in [7, 11) is 0. The molecular formula is C23H20N2O. The molecule has 3 aromatic carbocycles. The molecule has 4 rings (SSSR count). The molecule has 0 spiro atoms. The smallest absolute Gasteiger partial charge is 0.307 e. The highest BCUT2D eigenvalue weighted by Gasteiger charge is 2.30. The quantitative estimate of drug-likeness (QED) is 0.669. The Kier molecular flexibility index (Phi) is 4.33. The zero-order chi connectivity index (χ0) is 17.9. The second-order valence-corrected chi connectivity index (χ2v) is 6.54. The van der Waals surface area contributed by atoms with Crippen LogP contribution in [0, 0.1) is 12.3 Å². The molecule has 1 aliphatic carbocycles. The Morgan fingerprint density at radius 2 is 1.85 bits per heavy atom. The number of hydrogen-bond acceptors (Lipinski definition) is 1. The van der Waals surface area contributed by atoms with Crippen molar-refractivity contribution in [2.75, 3.05) is 11.9 Å². The summed E-state index contributed by atoms with van der Waals surface area (Å²) >= 11 is 0. The Balaban J connectivity index is 1.64. The third-order valence-corrected chi connectivity index (χ3v) is 5.03. The zero-order valence-electron chi connectivity index (χ0n) is 14.5. The van der Waals surface area contributed by atoms with E-state index in [0.29, 0.717) is 0 Å². The summed E-state index contributed by atoms with van der Waals surface area (Å²) in [6, 6.07) is 22.1. The number of aryl methyl sites for hydroxylation is 1. The van der Waals surface area contributed by atoms with Crippen LogP contribution in [0.3, 0.4) is 0 Å². The first-order valence-corrected chi connectivity index (χ1v) is 8.84. The number of urea groups is 1. The largest absolute Gasteiger partial charge is 0.323 e. The van der Waals surface area contributed by atoms with Crippen LogP contribution in [0.25, 0.3) is 10.8 Å². The van der Waals surface area contributed by atoms with Crippen LogP contribution in [-0.2, 0) is 6.42 Å². The summed E-state index contributed by atoms with van der Waals surface area (Å²) in [5, 5.41) is 5.19. The van der Waals surface area contributed by atoms with Crippen molar-refractivity contribution < 1.29 is 4.79 Å². The van der Waals surface area contributed by atoms with Crippen molar-refractivity contribution in [3.8, 4) is 12.3 Å². The van der Waals surface area contributed by atoms with Crippen LogP contribution in [0.15, 0.2) is 66.7 Å². The molecule has 0 aromatic heterocycles. The summed E-state index contributed by atoms with van der Waals surface area (Å²) in [5.41, 5.74) is 3.31. The third kappa shape index (κ3) is 2.91. The average Bonchev–Trinajstić information content (AvgIpc) is 3.10. The van der Waals surface area contributed by atoms with Gasteiger partial charge in [-0.3, -0.25) is 0 Å². The van der Waals surface area contributed by atoms with E-state index in [1.54, 1.807) is 4.90 Å². The fourth-order valence-electron chi connectivity index (χ4n) is 3.80. The molecule has 0 bridgehead atoms. The molecule has 26 heavy (non-hydrogen) atoms. The Morgan fingerprint density at radius 1 is 1.08 bits per heavy atom. The maximum atomic E-state index is 13.1. The van der Waals surface area contributed by atoms with E-state index in [2.05, 4.69) is 23.4 Å². The van der Waals surface area contributed by atoms with Gasteiger partial charge < -0.3 is 10.2 Å². The van der Waals surface area contributed by atoms with Crippen molar-refractivity contribution >= 4 is 22.5 Å². The van der Waals surface area contributed by atoms with E-state index in [4.69, 9.17) is 6.42 Å². The number of fused-ring (bicyclic) bond motifs is 2. The second-order valence-electron chi connectivity index (χ2n) is 6.54. The Bertz CT molecular complexity index is 997. The highest BCUT2D eigenvalue weighted by molar-refractivity contribution is 6.01. The molecule has 0 saturated heterocycles. The number of carbonyl (C=O) groups is 1. The number of anilines is 1. The minimum Gasteiger partial charge on any atom is -0.307 e. The van der Waals surface area contributed by atoms with Gasteiger partial charge in [0, 0.05) is 5.39 Å². The molecule has 3 nitrogen and oxygen atoms in total. The highest BCUT2D eigenvalue weighted by atomic mass is 16.2. The van der Waals surface area contributed by atoms with Gasteiger partial charge in [-0.05, 0) is 35.4 Å². The number of nitrogens with zero attached hydrogens (tertiary/aromatic N) is 1. The predicted molar refractivity (Wildman–Crippen MR) is 106 cm³/mol. The molecule has 0 saturated carbocycles. The summed E-state index contributed by atoms with van der Waals surface area (Å²) in [5.74, 6) is 2.64. The van der Waals surface area contributed by atoms with E-state index in [9.17, 15) is 4.79 Å². The lowest BCUT2D eigenvalue weighted by molar-refractivity contribution is 0.197. The monoisotopic (exact) mass is 340 g/mol. The molecule has 1 atom stereocenters. The van der Waals surface area contributed by atoms with E-state index in [1.165, 1.54) is 11.1 Å². The van der Waals surface area contributed by atoms with E-state index in [0.717, 1.165) is 29.3 Å².